The van der Waals surface area contributed by atoms with Gasteiger partial charge in [-0.25, -0.2) is 4.79 Å². The van der Waals surface area contributed by atoms with E-state index >= 15 is 0 Å². The first-order valence-corrected chi connectivity index (χ1v) is 12.5. The molecule has 182 valence electrons. The van der Waals surface area contributed by atoms with Crippen LogP contribution in [0.15, 0.2) is 71.2 Å². The maximum Gasteiger partial charge on any atom is 0.324 e. The summed E-state index contributed by atoms with van der Waals surface area (Å²) < 4.78 is 6.94. The highest BCUT2D eigenvalue weighted by Crippen LogP contribution is 2.34. The molecule has 0 aliphatic carbocycles. The summed E-state index contributed by atoms with van der Waals surface area (Å²) in [5, 5.41) is 10.2. The van der Waals surface area contributed by atoms with Gasteiger partial charge in [0.2, 0.25) is 0 Å². The highest BCUT2D eigenvalue weighted by molar-refractivity contribution is 9.10. The molecule has 1 unspecified atom stereocenters. The van der Waals surface area contributed by atoms with Crippen molar-refractivity contribution in [3.8, 4) is 5.75 Å². The minimum atomic E-state index is -0.906. The van der Waals surface area contributed by atoms with Crippen LogP contribution in [0.5, 0.6) is 5.75 Å². The highest BCUT2D eigenvalue weighted by atomic mass is 79.9. The van der Waals surface area contributed by atoms with Gasteiger partial charge >= 0.3 is 12.0 Å². The minimum absolute atomic E-state index is 0.0531. The lowest BCUT2D eigenvalue weighted by atomic mass is 10.0. The molecule has 4 rings (SSSR count). The number of hydrogen-bond donors (Lipinski definition) is 1. The molecule has 1 N–H and O–H groups in total. The van der Waals surface area contributed by atoms with Crippen LogP contribution in [0.3, 0.4) is 0 Å². The molecule has 0 saturated carbocycles. The van der Waals surface area contributed by atoms with Crippen molar-refractivity contribution in [2.24, 2.45) is 5.92 Å². The van der Waals surface area contributed by atoms with Gasteiger partial charge in [0.1, 0.15) is 12.4 Å². The Balaban J connectivity index is 1.62. The summed E-state index contributed by atoms with van der Waals surface area (Å²) in [5.74, 6) is -0.681. The summed E-state index contributed by atoms with van der Waals surface area (Å²) in [6.45, 7) is 1.07. The maximum atomic E-state index is 13.5. The lowest BCUT2D eigenvalue weighted by Gasteiger charge is -2.40. The van der Waals surface area contributed by atoms with Crippen molar-refractivity contribution in [3.63, 3.8) is 0 Å². The van der Waals surface area contributed by atoms with Gasteiger partial charge in [-0.3, -0.25) is 9.69 Å². The standard InChI is InChI=1S/C26H23BrCl2N2O4/c27-19-6-8-21(9-7-19)31-14-18(10-25(32)33)13-30(26(31)34)15-22-23(29)11-20(28)12-24(22)35-16-17-4-2-1-3-5-17/h1-9,11-12,18H,10,13-16H2,(H,32,33). The number of urea groups is 1. The van der Waals surface area contributed by atoms with Gasteiger partial charge in [-0.05, 0) is 42.0 Å². The third kappa shape index (κ3) is 6.48. The molecule has 1 aliphatic heterocycles. The molecule has 9 heteroatoms. The number of aliphatic carboxylic acids is 1. The molecule has 3 aromatic rings. The number of anilines is 1. The molecule has 3 aromatic carbocycles. The summed E-state index contributed by atoms with van der Waals surface area (Å²) in [5.41, 5.74) is 2.29. The average molecular weight is 578 g/mol. The van der Waals surface area contributed by atoms with Crippen LogP contribution >= 0.6 is 39.1 Å². The molecule has 1 heterocycles. The van der Waals surface area contributed by atoms with Crippen LogP contribution < -0.4 is 9.64 Å². The first-order valence-electron chi connectivity index (χ1n) is 11.0. The molecule has 1 fully saturated rings. The predicted octanol–water partition coefficient (Wildman–Crippen LogP) is 6.87. The van der Waals surface area contributed by atoms with Gasteiger partial charge in [0.05, 0.1) is 18.0 Å². The molecule has 0 bridgehead atoms. The number of carboxylic acids is 1. The van der Waals surface area contributed by atoms with E-state index in [9.17, 15) is 14.7 Å². The van der Waals surface area contributed by atoms with Gasteiger partial charge in [-0.1, -0.05) is 69.5 Å². The predicted molar refractivity (Wildman–Crippen MR) is 140 cm³/mol. The lowest BCUT2D eigenvalue weighted by molar-refractivity contribution is -0.138. The van der Waals surface area contributed by atoms with Crippen LogP contribution in [0.4, 0.5) is 10.5 Å². The number of carbonyl (C=O) groups is 2. The van der Waals surface area contributed by atoms with Crippen LogP contribution in [-0.4, -0.2) is 35.1 Å². The van der Waals surface area contributed by atoms with E-state index in [4.69, 9.17) is 27.9 Å². The Bertz CT molecular complexity index is 1210. The van der Waals surface area contributed by atoms with E-state index in [2.05, 4.69) is 15.9 Å². The number of carbonyl (C=O) groups excluding carboxylic acids is 1. The van der Waals surface area contributed by atoms with E-state index in [1.165, 1.54) is 0 Å². The Kier molecular flexibility index (Phi) is 8.21. The quantitative estimate of drug-likeness (QED) is 0.317. The van der Waals surface area contributed by atoms with Crippen molar-refractivity contribution in [2.45, 2.75) is 19.6 Å². The van der Waals surface area contributed by atoms with Crippen LogP contribution in [0.25, 0.3) is 0 Å². The number of nitrogens with zero attached hydrogens (tertiary/aromatic N) is 2. The third-order valence-electron chi connectivity index (χ3n) is 5.73. The molecule has 1 aliphatic rings. The van der Waals surface area contributed by atoms with E-state index in [0.717, 1.165) is 10.0 Å². The zero-order valence-corrected chi connectivity index (χ0v) is 21.8. The van der Waals surface area contributed by atoms with Crippen LogP contribution in [0.2, 0.25) is 10.0 Å². The SMILES string of the molecule is O=C(O)CC1CN(Cc2c(Cl)cc(Cl)cc2OCc2ccccc2)C(=O)N(c2ccc(Br)cc2)C1. The number of carboxylic acid groups (broad SMARTS) is 1. The monoisotopic (exact) mass is 576 g/mol. The third-order valence-corrected chi connectivity index (χ3v) is 6.81. The summed E-state index contributed by atoms with van der Waals surface area (Å²) in [7, 11) is 0. The first-order chi connectivity index (χ1) is 16.8. The van der Waals surface area contributed by atoms with E-state index in [1.54, 1.807) is 21.9 Å². The molecular formula is C26H23BrCl2N2O4. The number of amides is 2. The summed E-state index contributed by atoms with van der Waals surface area (Å²) in [6.07, 6.45) is -0.0531. The van der Waals surface area contributed by atoms with Gasteiger partial charge in [-0.15, -0.1) is 0 Å². The van der Waals surface area contributed by atoms with Gasteiger partial charge in [0, 0.05) is 39.8 Å². The number of benzene rings is 3. The molecule has 0 aromatic heterocycles. The van der Waals surface area contributed by atoms with Gasteiger partial charge < -0.3 is 14.7 Å². The second-order valence-corrected chi connectivity index (χ2v) is 10.1. The first kappa shape index (κ1) is 25.4. The molecular weight excluding hydrogens is 555 g/mol. The second kappa shape index (κ2) is 11.3. The number of ether oxygens (including phenoxy) is 1. The van der Waals surface area contributed by atoms with Crippen molar-refractivity contribution in [2.75, 3.05) is 18.0 Å². The lowest BCUT2D eigenvalue weighted by Crippen LogP contribution is -2.53. The normalized spacial score (nSPS) is 15.9. The van der Waals surface area contributed by atoms with Crippen molar-refractivity contribution in [1.29, 1.82) is 0 Å². The van der Waals surface area contributed by atoms with E-state index in [0.29, 0.717) is 40.2 Å². The molecule has 35 heavy (non-hydrogen) atoms. The molecule has 1 atom stereocenters. The molecule has 0 spiro atoms. The zero-order valence-electron chi connectivity index (χ0n) is 18.7. The fourth-order valence-electron chi connectivity index (χ4n) is 4.09. The van der Waals surface area contributed by atoms with Crippen LogP contribution in [0.1, 0.15) is 17.5 Å². The Morgan fingerprint density at radius 3 is 2.46 bits per heavy atom. The van der Waals surface area contributed by atoms with Crippen molar-refractivity contribution in [1.82, 2.24) is 4.90 Å². The van der Waals surface area contributed by atoms with E-state index in [-0.39, 0.29) is 31.5 Å². The topological polar surface area (TPSA) is 70.1 Å². The van der Waals surface area contributed by atoms with E-state index in [1.807, 2.05) is 54.6 Å². The average Bonchev–Trinajstić information content (AvgIpc) is 2.82. The Labute approximate surface area is 222 Å². The fourth-order valence-corrected chi connectivity index (χ4v) is 4.89. The smallest absolute Gasteiger partial charge is 0.324 e. The molecule has 2 amide bonds. The summed E-state index contributed by atoms with van der Waals surface area (Å²) in [4.78, 5) is 28.2. The zero-order chi connectivity index (χ0) is 24.9. The fraction of sp³-hybridized carbons (Fsp3) is 0.231. The second-order valence-electron chi connectivity index (χ2n) is 8.35. The Hall–Kier alpha value is -2.74. The highest BCUT2D eigenvalue weighted by Gasteiger charge is 2.34. The van der Waals surface area contributed by atoms with E-state index < -0.39 is 5.97 Å². The number of rotatable bonds is 8. The largest absolute Gasteiger partial charge is 0.488 e. The van der Waals surface area contributed by atoms with Gasteiger partial charge in [0.25, 0.3) is 0 Å². The van der Waals surface area contributed by atoms with Crippen LogP contribution in [-0.2, 0) is 17.9 Å². The molecule has 1 saturated heterocycles. The maximum absolute atomic E-state index is 13.5. The van der Waals surface area contributed by atoms with Crippen molar-refractivity contribution in [3.05, 3.63) is 92.4 Å². The Morgan fingerprint density at radius 2 is 1.77 bits per heavy atom. The minimum Gasteiger partial charge on any atom is -0.488 e. The summed E-state index contributed by atoms with van der Waals surface area (Å²) in [6, 6.07) is 20.1. The number of halogens is 3. The van der Waals surface area contributed by atoms with Gasteiger partial charge in [0.15, 0.2) is 0 Å². The molecule has 0 radical (unpaired) electrons. The van der Waals surface area contributed by atoms with Gasteiger partial charge in [-0.2, -0.15) is 0 Å². The summed E-state index contributed by atoms with van der Waals surface area (Å²) >= 11 is 16.2. The van der Waals surface area contributed by atoms with Crippen molar-refractivity contribution < 1.29 is 19.4 Å². The van der Waals surface area contributed by atoms with Crippen LogP contribution in [0, 0.1) is 5.92 Å². The van der Waals surface area contributed by atoms with Crippen molar-refractivity contribution >= 4 is 56.8 Å². The molecule has 6 nitrogen and oxygen atoms in total. The Morgan fingerprint density at radius 1 is 1.06 bits per heavy atom. The number of hydrogen-bond acceptors (Lipinski definition) is 3.